The third-order valence-electron chi connectivity index (χ3n) is 6.30. The zero-order valence-corrected chi connectivity index (χ0v) is 19.9. The number of carbonyl (C=O) groups is 4. The van der Waals surface area contributed by atoms with Gasteiger partial charge in [0.05, 0.1) is 43.7 Å². The van der Waals surface area contributed by atoms with Gasteiger partial charge in [-0.05, 0) is 59.7 Å². The molecule has 0 spiro atoms. The fourth-order valence-electron chi connectivity index (χ4n) is 4.55. The van der Waals surface area contributed by atoms with E-state index in [9.17, 15) is 19.2 Å². The third-order valence-corrected chi connectivity index (χ3v) is 6.90. The molecule has 0 saturated carbocycles. The first-order valence-electron chi connectivity index (χ1n) is 10.9. The number of imide groups is 2. The number of carbonyl (C=O) groups excluding carboxylic acids is 4. The van der Waals surface area contributed by atoms with E-state index < -0.39 is 23.6 Å². The predicted molar refractivity (Wildman–Crippen MR) is 137 cm³/mol. The van der Waals surface area contributed by atoms with Crippen molar-refractivity contribution in [1.82, 2.24) is 0 Å². The highest BCUT2D eigenvalue weighted by atomic mass is 35.5. The molecule has 4 aromatic rings. The van der Waals surface area contributed by atoms with Gasteiger partial charge < -0.3 is 0 Å². The largest absolute Gasteiger partial charge is 0.268 e. The lowest BCUT2D eigenvalue weighted by Crippen LogP contribution is -2.29. The average Bonchev–Trinajstić information content (AvgIpc) is 3.29. The Hall–Kier alpha value is -4.26. The van der Waals surface area contributed by atoms with E-state index in [2.05, 4.69) is 0 Å². The minimum absolute atomic E-state index is 0.211. The van der Waals surface area contributed by atoms with E-state index in [4.69, 9.17) is 23.2 Å². The summed E-state index contributed by atoms with van der Waals surface area (Å²) in [5, 5.41) is 0.421. The van der Waals surface area contributed by atoms with Gasteiger partial charge in [0.1, 0.15) is 0 Å². The van der Waals surface area contributed by atoms with Crippen molar-refractivity contribution in [2.24, 2.45) is 0 Å². The van der Waals surface area contributed by atoms with Crippen molar-refractivity contribution in [3.8, 4) is 11.1 Å². The van der Waals surface area contributed by atoms with E-state index in [1.165, 1.54) is 0 Å². The van der Waals surface area contributed by atoms with Gasteiger partial charge in [0.15, 0.2) is 0 Å². The summed E-state index contributed by atoms with van der Waals surface area (Å²) < 4.78 is 0. The van der Waals surface area contributed by atoms with Crippen LogP contribution in [0.4, 0.5) is 11.4 Å². The molecule has 8 heteroatoms. The van der Waals surface area contributed by atoms with Gasteiger partial charge in [-0.25, -0.2) is 9.80 Å². The van der Waals surface area contributed by atoms with Crippen LogP contribution in [0.15, 0.2) is 84.9 Å². The molecule has 0 atom stereocenters. The van der Waals surface area contributed by atoms with Crippen molar-refractivity contribution >= 4 is 58.2 Å². The molecule has 0 aliphatic carbocycles. The van der Waals surface area contributed by atoms with Gasteiger partial charge in [0.2, 0.25) is 0 Å². The zero-order valence-electron chi connectivity index (χ0n) is 18.4. The van der Waals surface area contributed by atoms with Crippen molar-refractivity contribution in [2.75, 3.05) is 9.80 Å². The number of anilines is 2. The third kappa shape index (κ3) is 3.19. The Labute approximate surface area is 215 Å². The number of nitrogens with zero attached hydrogens (tertiary/aromatic N) is 2. The number of amides is 4. The Balaban J connectivity index is 1.32. The van der Waals surface area contributed by atoms with Gasteiger partial charge in [-0.2, -0.15) is 0 Å². The number of hydrogen-bond donors (Lipinski definition) is 0. The van der Waals surface area contributed by atoms with Crippen LogP contribution in [-0.2, 0) is 0 Å². The molecule has 4 amide bonds. The number of rotatable bonds is 3. The summed E-state index contributed by atoms with van der Waals surface area (Å²) in [4.78, 5) is 53.4. The molecule has 174 valence electrons. The number of halogens is 2. The van der Waals surface area contributed by atoms with Crippen molar-refractivity contribution in [1.29, 1.82) is 0 Å². The Morgan fingerprint density at radius 1 is 0.444 bits per heavy atom. The molecule has 0 unspecified atom stereocenters. The molecule has 2 aliphatic rings. The Bertz CT molecular complexity index is 1470. The van der Waals surface area contributed by atoms with Crippen LogP contribution in [0.3, 0.4) is 0 Å². The quantitative estimate of drug-likeness (QED) is 0.303. The molecular formula is C28H14Cl2N2O4. The smallest absolute Gasteiger partial charge is 0.266 e. The lowest BCUT2D eigenvalue weighted by atomic mass is 10.0. The highest BCUT2D eigenvalue weighted by molar-refractivity contribution is 6.41. The van der Waals surface area contributed by atoms with Crippen LogP contribution in [0, 0.1) is 0 Å². The Morgan fingerprint density at radius 3 is 1.03 bits per heavy atom. The molecule has 0 fully saturated rings. The van der Waals surface area contributed by atoms with E-state index in [1.54, 1.807) is 84.9 Å². The normalized spacial score (nSPS) is 14.5. The van der Waals surface area contributed by atoms with E-state index in [0.717, 1.165) is 9.80 Å². The molecule has 6 rings (SSSR count). The molecule has 6 nitrogen and oxygen atoms in total. The number of fused-ring (bicyclic) bond motifs is 2. The highest BCUT2D eigenvalue weighted by Gasteiger charge is 2.38. The van der Waals surface area contributed by atoms with Crippen molar-refractivity contribution in [2.45, 2.75) is 0 Å². The maximum Gasteiger partial charge on any atom is 0.266 e. The molecule has 0 radical (unpaired) electrons. The van der Waals surface area contributed by atoms with Crippen molar-refractivity contribution in [3.05, 3.63) is 117 Å². The maximum absolute atomic E-state index is 12.8. The summed E-state index contributed by atoms with van der Waals surface area (Å²) in [7, 11) is 0. The Kier molecular flexibility index (Phi) is 5.03. The monoisotopic (exact) mass is 512 g/mol. The van der Waals surface area contributed by atoms with Crippen molar-refractivity contribution in [3.63, 3.8) is 0 Å². The number of hydrogen-bond acceptors (Lipinski definition) is 4. The zero-order chi connectivity index (χ0) is 25.1. The van der Waals surface area contributed by atoms with E-state index in [-0.39, 0.29) is 21.4 Å². The van der Waals surface area contributed by atoms with Gasteiger partial charge in [0.25, 0.3) is 23.6 Å². The fraction of sp³-hybridized carbons (Fsp3) is 0. The van der Waals surface area contributed by atoms with Gasteiger partial charge >= 0.3 is 0 Å². The molecule has 0 N–H and O–H groups in total. The lowest BCUT2D eigenvalue weighted by Gasteiger charge is -2.18. The lowest BCUT2D eigenvalue weighted by molar-refractivity contribution is 0.0910. The van der Waals surface area contributed by atoms with Crippen molar-refractivity contribution < 1.29 is 19.2 Å². The van der Waals surface area contributed by atoms with Crippen LogP contribution in [0.1, 0.15) is 41.4 Å². The average molecular weight is 513 g/mol. The summed E-state index contributed by atoms with van der Waals surface area (Å²) >= 11 is 13.0. The molecule has 4 aromatic carbocycles. The molecule has 0 aromatic heterocycles. The second kappa shape index (κ2) is 8.16. The second-order valence-corrected chi connectivity index (χ2v) is 9.13. The van der Waals surface area contributed by atoms with Gasteiger partial charge in [-0.1, -0.05) is 59.6 Å². The summed E-state index contributed by atoms with van der Waals surface area (Å²) in [5.41, 5.74) is 3.24. The molecule has 2 heterocycles. The van der Waals surface area contributed by atoms with Crippen LogP contribution >= 0.6 is 23.2 Å². The first-order valence-corrected chi connectivity index (χ1v) is 11.7. The minimum atomic E-state index is -0.432. The maximum atomic E-state index is 12.8. The fourth-order valence-corrected chi connectivity index (χ4v) is 5.08. The predicted octanol–water partition coefficient (Wildman–Crippen LogP) is 6.26. The van der Waals surface area contributed by atoms with E-state index >= 15 is 0 Å². The van der Waals surface area contributed by atoms with Crippen LogP contribution in [0.5, 0.6) is 0 Å². The molecular weight excluding hydrogens is 499 g/mol. The summed E-state index contributed by atoms with van der Waals surface area (Å²) in [6, 6.07) is 23.1. The number of benzene rings is 4. The SMILES string of the molecule is O=C1c2ccccc2C(=O)N1c1ccc(-c2ccc(N3C(=O)c4ccccc4C3=O)c(Cl)c2)cc1Cl. The van der Waals surface area contributed by atoms with Crippen LogP contribution in [0.2, 0.25) is 10.0 Å². The Morgan fingerprint density at radius 2 is 0.750 bits per heavy atom. The minimum Gasteiger partial charge on any atom is -0.268 e. The first kappa shape index (κ1) is 22.2. The second-order valence-electron chi connectivity index (χ2n) is 8.31. The molecule has 36 heavy (non-hydrogen) atoms. The molecule has 0 bridgehead atoms. The van der Waals surface area contributed by atoms with E-state index in [0.29, 0.717) is 33.4 Å². The molecule has 0 saturated heterocycles. The topological polar surface area (TPSA) is 74.8 Å². The van der Waals surface area contributed by atoms with Gasteiger partial charge in [0, 0.05) is 0 Å². The summed E-state index contributed by atoms with van der Waals surface area (Å²) in [6.45, 7) is 0. The van der Waals surface area contributed by atoms with Gasteiger partial charge in [-0.3, -0.25) is 19.2 Å². The first-order chi connectivity index (χ1) is 17.4. The summed E-state index contributed by atoms with van der Waals surface area (Å²) in [5.74, 6) is -1.73. The van der Waals surface area contributed by atoms with Crippen LogP contribution < -0.4 is 9.80 Å². The summed E-state index contributed by atoms with van der Waals surface area (Å²) in [6.07, 6.45) is 0. The van der Waals surface area contributed by atoms with Crippen LogP contribution in [-0.4, -0.2) is 23.6 Å². The standard InChI is InChI=1S/C28H14Cl2N2O4/c29-21-13-15(9-11-23(21)31-25(33)17-5-1-2-6-18(17)26(31)34)16-10-12-24(22(30)14-16)32-27(35)19-7-3-4-8-20(19)28(32)36/h1-14H. The molecule has 2 aliphatic heterocycles. The highest BCUT2D eigenvalue weighted by Crippen LogP contribution is 2.39. The van der Waals surface area contributed by atoms with Gasteiger partial charge in [-0.15, -0.1) is 0 Å². The van der Waals surface area contributed by atoms with E-state index in [1.807, 2.05) is 0 Å². The van der Waals surface area contributed by atoms with Crippen LogP contribution in [0.25, 0.3) is 11.1 Å².